The second kappa shape index (κ2) is 8.58. The normalized spacial score (nSPS) is 25.7. The van der Waals surface area contributed by atoms with Gasteiger partial charge < -0.3 is 19.5 Å². The predicted molar refractivity (Wildman–Crippen MR) is 119 cm³/mol. The summed E-state index contributed by atoms with van der Waals surface area (Å²) in [5, 5.41) is 11.5. The molecule has 0 saturated carbocycles. The molecule has 0 bridgehead atoms. The number of fused-ring (bicyclic) bond motifs is 1. The first-order valence-electron chi connectivity index (χ1n) is 10.6. The van der Waals surface area contributed by atoms with Crippen LogP contribution >= 0.6 is 0 Å². The van der Waals surface area contributed by atoms with Crippen molar-refractivity contribution >= 4 is 26.8 Å². The summed E-state index contributed by atoms with van der Waals surface area (Å²) in [6, 6.07) is 8.75. The van der Waals surface area contributed by atoms with E-state index in [0.29, 0.717) is 43.6 Å². The zero-order valence-electron chi connectivity index (χ0n) is 18.3. The minimum absolute atomic E-state index is 0.0331. The molecular formula is C22H29N3O6S. The lowest BCUT2D eigenvalue weighted by Gasteiger charge is -2.50. The first-order chi connectivity index (χ1) is 15.1. The number of amides is 1. The number of hydrogen-bond donors (Lipinski definition) is 2. The third-order valence-electron chi connectivity index (χ3n) is 6.33. The lowest BCUT2D eigenvalue weighted by Crippen LogP contribution is -2.64. The van der Waals surface area contributed by atoms with E-state index < -0.39 is 27.3 Å². The Morgan fingerprint density at radius 1 is 1.31 bits per heavy atom. The van der Waals surface area contributed by atoms with Gasteiger partial charge in [-0.05, 0) is 38.3 Å². The summed E-state index contributed by atoms with van der Waals surface area (Å²) < 4.78 is 37.8. The zero-order valence-corrected chi connectivity index (χ0v) is 19.1. The SMILES string of the molecule is C[C@]1(O)COC2(CCN(C(=O)COc3cccc4cccnc34)CC2)C[C@@H]1NS(C)(=O)=O. The molecule has 0 radical (unpaired) electrons. The molecule has 9 nitrogen and oxygen atoms in total. The average Bonchev–Trinajstić information content (AvgIpc) is 2.74. The summed E-state index contributed by atoms with van der Waals surface area (Å²) in [5.74, 6) is 0.443. The number of piperidine rings is 1. The highest BCUT2D eigenvalue weighted by molar-refractivity contribution is 7.88. The molecule has 2 saturated heterocycles. The van der Waals surface area contributed by atoms with Crippen LogP contribution in [0.4, 0.5) is 0 Å². The van der Waals surface area contributed by atoms with Gasteiger partial charge in [0.15, 0.2) is 6.61 Å². The van der Waals surface area contributed by atoms with E-state index >= 15 is 0 Å². The highest BCUT2D eigenvalue weighted by Crippen LogP contribution is 2.38. The largest absolute Gasteiger partial charge is 0.481 e. The van der Waals surface area contributed by atoms with Crippen molar-refractivity contribution in [1.29, 1.82) is 0 Å². The third kappa shape index (κ3) is 5.03. The van der Waals surface area contributed by atoms with E-state index in [0.717, 1.165) is 11.6 Å². The van der Waals surface area contributed by atoms with Crippen molar-refractivity contribution in [2.75, 3.05) is 32.6 Å². The minimum Gasteiger partial charge on any atom is -0.481 e. The molecule has 3 heterocycles. The average molecular weight is 464 g/mol. The Kier molecular flexibility index (Phi) is 6.15. The van der Waals surface area contributed by atoms with Crippen LogP contribution in [0.3, 0.4) is 0 Å². The van der Waals surface area contributed by atoms with Crippen LogP contribution in [0.25, 0.3) is 10.9 Å². The first-order valence-corrected chi connectivity index (χ1v) is 12.5. The molecule has 2 aliphatic rings. The highest BCUT2D eigenvalue weighted by Gasteiger charge is 2.49. The van der Waals surface area contributed by atoms with Gasteiger partial charge in [0.25, 0.3) is 5.91 Å². The molecule has 1 aromatic heterocycles. The van der Waals surface area contributed by atoms with Crippen LogP contribution in [0.5, 0.6) is 5.75 Å². The standard InChI is InChI=1S/C22H29N3O6S/c1-21(27)15-31-22(13-18(21)24-32(2,28)29)8-11-25(12-9-22)19(26)14-30-17-7-3-5-16-6-4-10-23-20(16)17/h3-7,10,18,24,27H,8-9,11-15H2,1-2H3/t18-,21-/m0/s1. The Morgan fingerprint density at radius 3 is 2.75 bits per heavy atom. The van der Waals surface area contributed by atoms with Gasteiger partial charge in [-0.25, -0.2) is 13.1 Å². The highest BCUT2D eigenvalue weighted by atomic mass is 32.2. The maximum absolute atomic E-state index is 12.7. The Labute approximate surface area is 187 Å². The molecule has 10 heteroatoms. The van der Waals surface area contributed by atoms with Crippen LogP contribution in [-0.4, -0.2) is 79.1 Å². The number of hydrogen-bond acceptors (Lipinski definition) is 7. The molecule has 2 aromatic rings. The molecule has 1 spiro atoms. The van der Waals surface area contributed by atoms with Gasteiger partial charge >= 0.3 is 0 Å². The van der Waals surface area contributed by atoms with Crippen LogP contribution in [0.2, 0.25) is 0 Å². The molecule has 1 amide bonds. The van der Waals surface area contributed by atoms with E-state index in [1.165, 1.54) is 0 Å². The number of benzene rings is 1. The van der Waals surface area contributed by atoms with E-state index in [1.54, 1.807) is 24.1 Å². The monoisotopic (exact) mass is 463 g/mol. The van der Waals surface area contributed by atoms with E-state index in [1.807, 2.05) is 24.3 Å². The van der Waals surface area contributed by atoms with E-state index in [9.17, 15) is 18.3 Å². The topological polar surface area (TPSA) is 118 Å². The Hall–Kier alpha value is -2.27. The van der Waals surface area contributed by atoms with Crippen LogP contribution in [-0.2, 0) is 19.6 Å². The van der Waals surface area contributed by atoms with Crippen LogP contribution in [0.15, 0.2) is 36.5 Å². The van der Waals surface area contributed by atoms with Gasteiger partial charge in [0.2, 0.25) is 10.0 Å². The lowest BCUT2D eigenvalue weighted by molar-refractivity contribution is -0.191. The summed E-state index contributed by atoms with van der Waals surface area (Å²) in [4.78, 5) is 18.8. The van der Waals surface area contributed by atoms with Crippen molar-refractivity contribution in [3.63, 3.8) is 0 Å². The maximum atomic E-state index is 12.7. The molecular weight excluding hydrogens is 434 g/mol. The van der Waals surface area contributed by atoms with Crippen molar-refractivity contribution < 1.29 is 27.8 Å². The molecule has 174 valence electrons. The Morgan fingerprint density at radius 2 is 2.03 bits per heavy atom. The summed E-state index contributed by atoms with van der Waals surface area (Å²) in [7, 11) is -3.48. The number of rotatable bonds is 5. The molecule has 1 aromatic carbocycles. The zero-order chi connectivity index (χ0) is 23.0. The Bertz CT molecular complexity index is 1090. The van der Waals surface area contributed by atoms with Gasteiger partial charge in [0.05, 0.1) is 24.5 Å². The van der Waals surface area contributed by atoms with Crippen molar-refractivity contribution in [2.45, 2.75) is 43.4 Å². The number of nitrogens with one attached hydrogen (secondary N) is 1. The van der Waals surface area contributed by atoms with Crippen LogP contribution < -0.4 is 9.46 Å². The number of aliphatic hydroxyl groups is 1. The number of aromatic nitrogens is 1. The van der Waals surface area contributed by atoms with E-state index in [2.05, 4.69) is 9.71 Å². The van der Waals surface area contributed by atoms with Crippen molar-refractivity contribution in [3.05, 3.63) is 36.5 Å². The molecule has 2 aliphatic heterocycles. The maximum Gasteiger partial charge on any atom is 0.260 e. The first kappa shape index (κ1) is 22.9. The second-order valence-electron chi connectivity index (χ2n) is 8.98. The van der Waals surface area contributed by atoms with E-state index in [4.69, 9.17) is 9.47 Å². The molecule has 2 N–H and O–H groups in total. The fraction of sp³-hybridized carbons (Fsp3) is 0.545. The number of carbonyl (C=O) groups excluding carboxylic acids is 1. The summed E-state index contributed by atoms with van der Waals surface area (Å²) in [6.07, 6.45) is 4.25. The van der Waals surface area contributed by atoms with E-state index in [-0.39, 0.29) is 19.1 Å². The van der Waals surface area contributed by atoms with Gasteiger partial charge in [-0.2, -0.15) is 0 Å². The minimum atomic E-state index is -3.48. The lowest BCUT2D eigenvalue weighted by atomic mass is 9.78. The smallest absolute Gasteiger partial charge is 0.260 e. The quantitative estimate of drug-likeness (QED) is 0.681. The van der Waals surface area contributed by atoms with Crippen LogP contribution in [0, 0.1) is 0 Å². The number of pyridine rings is 1. The number of sulfonamides is 1. The number of carbonyl (C=O) groups is 1. The number of para-hydroxylation sites is 1. The summed E-state index contributed by atoms with van der Waals surface area (Å²) in [5.41, 5.74) is -1.14. The second-order valence-corrected chi connectivity index (χ2v) is 10.8. The molecule has 0 aliphatic carbocycles. The summed E-state index contributed by atoms with van der Waals surface area (Å²) in [6.45, 7) is 2.47. The van der Waals surface area contributed by atoms with Crippen LogP contribution in [0.1, 0.15) is 26.2 Å². The third-order valence-corrected chi connectivity index (χ3v) is 7.04. The molecule has 2 fully saturated rings. The molecule has 0 unspecified atom stereocenters. The number of likely N-dealkylation sites (tertiary alicyclic amines) is 1. The van der Waals surface area contributed by atoms with Gasteiger partial charge in [-0.3, -0.25) is 9.78 Å². The number of ether oxygens (including phenoxy) is 2. The van der Waals surface area contributed by atoms with Gasteiger partial charge in [-0.15, -0.1) is 0 Å². The van der Waals surface area contributed by atoms with Gasteiger partial charge in [-0.1, -0.05) is 18.2 Å². The van der Waals surface area contributed by atoms with Gasteiger partial charge in [0.1, 0.15) is 16.9 Å². The fourth-order valence-corrected chi connectivity index (χ4v) is 5.27. The van der Waals surface area contributed by atoms with Gasteiger partial charge in [0, 0.05) is 24.7 Å². The predicted octanol–water partition coefficient (Wildman–Crippen LogP) is 1.06. The van der Waals surface area contributed by atoms with Crippen molar-refractivity contribution in [1.82, 2.24) is 14.6 Å². The molecule has 2 atom stereocenters. The number of nitrogens with zero attached hydrogens (tertiary/aromatic N) is 2. The summed E-state index contributed by atoms with van der Waals surface area (Å²) >= 11 is 0. The fourth-order valence-electron chi connectivity index (χ4n) is 4.41. The Balaban J connectivity index is 1.35. The molecule has 4 rings (SSSR count). The van der Waals surface area contributed by atoms with Crippen molar-refractivity contribution in [2.24, 2.45) is 0 Å². The molecule has 32 heavy (non-hydrogen) atoms. The van der Waals surface area contributed by atoms with Crippen molar-refractivity contribution in [3.8, 4) is 5.75 Å².